The van der Waals surface area contributed by atoms with Gasteiger partial charge in [-0.05, 0) is 38.5 Å². The number of ether oxygens (including phenoxy) is 1. The van der Waals surface area contributed by atoms with Crippen molar-refractivity contribution < 1.29 is 32.6 Å². The Hall–Kier alpha value is -2.25. The molecule has 0 spiro atoms. The fourth-order valence-corrected chi connectivity index (χ4v) is 1.58. The standard InChI is InChI=1S/C14H16F3NO4/c1-13(2,3)22-12(21)18-10(11(19)20)8-4-6-9(7-5-8)14(15,16)17/h4-7,10H,1-3H3,(H,18,21)(H,19,20). The van der Waals surface area contributed by atoms with Crippen molar-refractivity contribution in [3.8, 4) is 0 Å². The van der Waals surface area contributed by atoms with Crippen LogP contribution in [-0.2, 0) is 15.7 Å². The number of nitrogens with one attached hydrogen (secondary N) is 1. The molecule has 0 aliphatic heterocycles. The molecule has 1 atom stereocenters. The van der Waals surface area contributed by atoms with Crippen LogP contribution in [0.4, 0.5) is 18.0 Å². The fraction of sp³-hybridized carbons (Fsp3) is 0.429. The van der Waals surface area contributed by atoms with E-state index in [0.29, 0.717) is 0 Å². The molecule has 0 saturated heterocycles. The van der Waals surface area contributed by atoms with Crippen LogP contribution in [0.2, 0.25) is 0 Å². The number of halogens is 3. The number of hydrogen-bond donors (Lipinski definition) is 2. The average molecular weight is 319 g/mol. The molecule has 0 heterocycles. The highest BCUT2D eigenvalue weighted by atomic mass is 19.4. The Morgan fingerprint density at radius 1 is 1.14 bits per heavy atom. The lowest BCUT2D eigenvalue weighted by Crippen LogP contribution is -2.38. The minimum atomic E-state index is -4.52. The summed E-state index contributed by atoms with van der Waals surface area (Å²) in [4.78, 5) is 22.8. The molecule has 0 saturated carbocycles. The van der Waals surface area contributed by atoms with Gasteiger partial charge in [-0.3, -0.25) is 0 Å². The van der Waals surface area contributed by atoms with E-state index in [9.17, 15) is 22.8 Å². The number of carboxylic acids is 1. The van der Waals surface area contributed by atoms with E-state index in [1.165, 1.54) is 0 Å². The number of alkyl halides is 3. The largest absolute Gasteiger partial charge is 0.479 e. The molecular weight excluding hydrogens is 303 g/mol. The van der Waals surface area contributed by atoms with Gasteiger partial charge in [0.15, 0.2) is 6.04 Å². The molecule has 5 nitrogen and oxygen atoms in total. The third kappa shape index (κ3) is 5.27. The van der Waals surface area contributed by atoms with E-state index >= 15 is 0 Å². The Kier molecular flexibility index (Phi) is 5.05. The number of hydrogen-bond acceptors (Lipinski definition) is 3. The van der Waals surface area contributed by atoms with Gasteiger partial charge in [0.05, 0.1) is 5.56 Å². The summed E-state index contributed by atoms with van der Waals surface area (Å²) in [5, 5.41) is 11.2. The first-order valence-corrected chi connectivity index (χ1v) is 6.29. The van der Waals surface area contributed by atoms with Gasteiger partial charge in [0.1, 0.15) is 5.60 Å². The van der Waals surface area contributed by atoms with Crippen LogP contribution in [0.25, 0.3) is 0 Å². The molecule has 0 fully saturated rings. The minimum absolute atomic E-state index is 0.00589. The van der Waals surface area contributed by atoms with Gasteiger partial charge in [-0.15, -0.1) is 0 Å². The molecule has 1 amide bonds. The first-order chi connectivity index (χ1) is 9.90. The zero-order valence-corrected chi connectivity index (χ0v) is 12.2. The van der Waals surface area contributed by atoms with Crippen molar-refractivity contribution in [2.75, 3.05) is 0 Å². The second-order valence-corrected chi connectivity index (χ2v) is 5.54. The summed E-state index contributed by atoms with van der Waals surface area (Å²) < 4.78 is 42.3. The van der Waals surface area contributed by atoms with Gasteiger partial charge in [-0.25, -0.2) is 9.59 Å². The molecule has 1 aromatic rings. The number of carboxylic acid groups (broad SMARTS) is 1. The molecule has 122 valence electrons. The average Bonchev–Trinajstić information content (AvgIpc) is 2.32. The van der Waals surface area contributed by atoms with Crippen LogP contribution >= 0.6 is 0 Å². The summed E-state index contributed by atoms with van der Waals surface area (Å²) in [5.41, 5.74) is -1.73. The van der Waals surface area contributed by atoms with Crippen LogP contribution in [0.5, 0.6) is 0 Å². The van der Waals surface area contributed by atoms with Crippen LogP contribution in [0.1, 0.15) is 37.9 Å². The van der Waals surface area contributed by atoms with Crippen molar-refractivity contribution in [1.82, 2.24) is 5.32 Å². The maximum Gasteiger partial charge on any atom is 0.416 e. The lowest BCUT2D eigenvalue weighted by Gasteiger charge is -2.22. The van der Waals surface area contributed by atoms with Crippen LogP contribution in [0, 0.1) is 0 Å². The predicted molar refractivity (Wildman–Crippen MR) is 71.2 cm³/mol. The molecular formula is C14H16F3NO4. The molecule has 1 aromatic carbocycles. The smallest absolute Gasteiger partial charge is 0.416 e. The molecule has 1 unspecified atom stereocenters. The van der Waals surface area contributed by atoms with E-state index in [4.69, 9.17) is 9.84 Å². The van der Waals surface area contributed by atoms with E-state index in [1.807, 2.05) is 0 Å². The lowest BCUT2D eigenvalue weighted by molar-refractivity contribution is -0.139. The number of carbonyl (C=O) groups is 2. The van der Waals surface area contributed by atoms with E-state index in [-0.39, 0.29) is 5.56 Å². The van der Waals surface area contributed by atoms with E-state index in [0.717, 1.165) is 24.3 Å². The van der Waals surface area contributed by atoms with Crippen LogP contribution in [0.15, 0.2) is 24.3 Å². The van der Waals surface area contributed by atoms with E-state index < -0.39 is 35.4 Å². The Balaban J connectivity index is 2.93. The van der Waals surface area contributed by atoms with Crippen molar-refractivity contribution >= 4 is 12.1 Å². The van der Waals surface area contributed by atoms with Gasteiger partial charge < -0.3 is 15.2 Å². The maximum absolute atomic E-state index is 12.5. The Morgan fingerprint density at radius 3 is 2.00 bits per heavy atom. The molecule has 8 heteroatoms. The quantitative estimate of drug-likeness (QED) is 0.896. The number of aliphatic carboxylic acids is 1. The van der Waals surface area contributed by atoms with Crippen molar-refractivity contribution in [1.29, 1.82) is 0 Å². The second kappa shape index (κ2) is 6.25. The Morgan fingerprint density at radius 2 is 1.64 bits per heavy atom. The summed E-state index contributed by atoms with van der Waals surface area (Å²) in [6.45, 7) is 4.79. The van der Waals surface area contributed by atoms with Crippen molar-refractivity contribution in [2.45, 2.75) is 38.6 Å². The normalized spacial score (nSPS) is 13.4. The van der Waals surface area contributed by atoms with Gasteiger partial charge in [-0.1, -0.05) is 12.1 Å². The summed E-state index contributed by atoms with van der Waals surface area (Å²) in [7, 11) is 0. The Bertz CT molecular complexity index is 547. The molecule has 0 aliphatic rings. The summed E-state index contributed by atoms with van der Waals surface area (Å²) in [6, 6.07) is 2.00. The number of amides is 1. The van der Waals surface area contributed by atoms with Crippen LogP contribution < -0.4 is 5.32 Å². The van der Waals surface area contributed by atoms with Crippen molar-refractivity contribution in [2.24, 2.45) is 0 Å². The molecule has 0 bridgehead atoms. The van der Waals surface area contributed by atoms with Gasteiger partial charge in [0, 0.05) is 0 Å². The first kappa shape index (κ1) is 17.8. The van der Waals surface area contributed by atoms with Crippen molar-refractivity contribution in [3.63, 3.8) is 0 Å². The van der Waals surface area contributed by atoms with Crippen molar-refractivity contribution in [3.05, 3.63) is 35.4 Å². The summed E-state index contributed by atoms with van der Waals surface area (Å²) >= 11 is 0. The van der Waals surface area contributed by atoms with E-state index in [2.05, 4.69) is 5.32 Å². The topological polar surface area (TPSA) is 75.6 Å². The third-order valence-electron chi connectivity index (χ3n) is 2.48. The molecule has 22 heavy (non-hydrogen) atoms. The van der Waals surface area contributed by atoms with Gasteiger partial charge in [-0.2, -0.15) is 13.2 Å². The van der Waals surface area contributed by atoms with Gasteiger partial charge >= 0.3 is 18.2 Å². The van der Waals surface area contributed by atoms with Crippen LogP contribution in [-0.4, -0.2) is 22.8 Å². The maximum atomic E-state index is 12.5. The molecule has 0 aromatic heterocycles. The zero-order valence-electron chi connectivity index (χ0n) is 12.2. The fourth-order valence-electron chi connectivity index (χ4n) is 1.58. The summed E-state index contributed by atoms with van der Waals surface area (Å²) in [6.07, 6.45) is -5.49. The molecule has 2 N–H and O–H groups in total. The zero-order chi connectivity index (χ0) is 17.1. The highest BCUT2D eigenvalue weighted by Gasteiger charge is 2.31. The molecule has 0 aliphatic carbocycles. The van der Waals surface area contributed by atoms with Gasteiger partial charge in [0.2, 0.25) is 0 Å². The predicted octanol–water partition coefficient (Wildman–Crippen LogP) is 3.36. The number of rotatable bonds is 3. The van der Waals surface area contributed by atoms with Gasteiger partial charge in [0.25, 0.3) is 0 Å². The number of benzene rings is 1. The number of carbonyl (C=O) groups excluding carboxylic acids is 1. The second-order valence-electron chi connectivity index (χ2n) is 5.54. The minimum Gasteiger partial charge on any atom is -0.479 e. The number of alkyl carbamates (subject to hydrolysis) is 1. The SMILES string of the molecule is CC(C)(C)OC(=O)NC(C(=O)O)c1ccc(C(F)(F)F)cc1. The Labute approximate surface area is 125 Å². The van der Waals surface area contributed by atoms with E-state index in [1.54, 1.807) is 20.8 Å². The summed E-state index contributed by atoms with van der Waals surface area (Å²) in [5.74, 6) is -1.41. The highest BCUT2D eigenvalue weighted by molar-refractivity contribution is 5.81. The molecule has 0 radical (unpaired) electrons. The third-order valence-corrected chi connectivity index (χ3v) is 2.48. The highest BCUT2D eigenvalue weighted by Crippen LogP contribution is 2.30. The first-order valence-electron chi connectivity index (χ1n) is 6.29. The lowest BCUT2D eigenvalue weighted by atomic mass is 10.0. The van der Waals surface area contributed by atoms with Crippen LogP contribution in [0.3, 0.4) is 0 Å². The monoisotopic (exact) mass is 319 g/mol. The molecule has 1 rings (SSSR count).